The van der Waals surface area contributed by atoms with E-state index in [4.69, 9.17) is 5.73 Å². The Bertz CT molecular complexity index is 540. The molecule has 2 heterocycles. The topological polar surface area (TPSA) is 92.5 Å². The van der Waals surface area contributed by atoms with Gasteiger partial charge in [-0.15, -0.1) is 0 Å². The van der Waals surface area contributed by atoms with Gasteiger partial charge in [-0.3, -0.25) is 0 Å². The second-order valence-corrected chi connectivity index (χ2v) is 5.13. The van der Waals surface area contributed by atoms with Gasteiger partial charge in [-0.25, -0.2) is 4.98 Å². The number of hydrogen-bond acceptors (Lipinski definition) is 5. The van der Waals surface area contributed by atoms with Crippen molar-refractivity contribution in [1.29, 1.82) is 0 Å². The first kappa shape index (κ1) is 11.3. The van der Waals surface area contributed by atoms with Crippen LogP contribution in [0.1, 0.15) is 32.6 Å². The van der Waals surface area contributed by atoms with Crippen LogP contribution in [0.4, 0.5) is 11.8 Å². The summed E-state index contributed by atoms with van der Waals surface area (Å²) in [5, 5.41) is 3.47. The lowest BCUT2D eigenvalue weighted by Gasteiger charge is -2.27. The third-order valence-corrected chi connectivity index (χ3v) is 3.66. The fraction of sp³-hybridized carbons (Fsp3) is 0.583. The molecule has 0 saturated heterocycles. The van der Waals surface area contributed by atoms with Gasteiger partial charge < -0.3 is 16.0 Å². The monoisotopic (exact) mass is 246 g/mol. The van der Waals surface area contributed by atoms with E-state index in [1.165, 1.54) is 25.7 Å². The molecular weight excluding hydrogens is 228 g/mol. The van der Waals surface area contributed by atoms with Crippen molar-refractivity contribution in [3.63, 3.8) is 0 Å². The highest BCUT2D eigenvalue weighted by Crippen LogP contribution is 2.27. The highest BCUT2D eigenvalue weighted by molar-refractivity contribution is 5.83. The van der Waals surface area contributed by atoms with Gasteiger partial charge in [0.15, 0.2) is 11.5 Å². The van der Waals surface area contributed by atoms with Crippen LogP contribution in [0.5, 0.6) is 0 Å². The van der Waals surface area contributed by atoms with Gasteiger partial charge in [0.1, 0.15) is 5.52 Å². The number of aromatic nitrogens is 4. The van der Waals surface area contributed by atoms with Crippen LogP contribution in [0.25, 0.3) is 11.2 Å². The number of rotatable bonds is 2. The van der Waals surface area contributed by atoms with Crippen molar-refractivity contribution in [2.75, 3.05) is 11.1 Å². The Morgan fingerprint density at radius 1 is 1.28 bits per heavy atom. The van der Waals surface area contributed by atoms with E-state index < -0.39 is 0 Å². The maximum absolute atomic E-state index is 5.69. The molecule has 0 amide bonds. The van der Waals surface area contributed by atoms with Crippen LogP contribution in [0.3, 0.4) is 0 Å². The zero-order chi connectivity index (χ0) is 12.5. The quantitative estimate of drug-likeness (QED) is 0.753. The minimum Gasteiger partial charge on any atom is -0.368 e. The van der Waals surface area contributed by atoms with Gasteiger partial charge in [-0.05, 0) is 31.6 Å². The molecule has 6 nitrogen and oxygen atoms in total. The highest BCUT2D eigenvalue weighted by atomic mass is 15.1. The summed E-state index contributed by atoms with van der Waals surface area (Å²) in [6.07, 6.45) is 6.52. The molecule has 1 fully saturated rings. The van der Waals surface area contributed by atoms with E-state index in [0.717, 1.165) is 17.3 Å². The second kappa shape index (κ2) is 4.44. The summed E-state index contributed by atoms with van der Waals surface area (Å²) in [5.74, 6) is 1.88. The number of anilines is 2. The summed E-state index contributed by atoms with van der Waals surface area (Å²) in [4.78, 5) is 15.5. The number of nitrogens with zero attached hydrogens (tertiary/aromatic N) is 3. The van der Waals surface area contributed by atoms with E-state index in [1.807, 2.05) is 0 Å². The Kier molecular flexibility index (Phi) is 2.77. The molecule has 2 aromatic heterocycles. The van der Waals surface area contributed by atoms with E-state index >= 15 is 0 Å². The van der Waals surface area contributed by atoms with E-state index in [-0.39, 0.29) is 5.95 Å². The number of fused-ring (bicyclic) bond motifs is 1. The van der Waals surface area contributed by atoms with Crippen molar-refractivity contribution in [3.8, 4) is 0 Å². The minimum absolute atomic E-state index is 0.265. The van der Waals surface area contributed by atoms with Crippen LogP contribution in [0, 0.1) is 5.92 Å². The predicted octanol–water partition coefficient (Wildman–Crippen LogP) is 1.93. The van der Waals surface area contributed by atoms with Gasteiger partial charge in [0.2, 0.25) is 5.95 Å². The van der Waals surface area contributed by atoms with Crippen molar-refractivity contribution in [1.82, 2.24) is 19.9 Å². The maximum Gasteiger partial charge on any atom is 0.224 e. The van der Waals surface area contributed by atoms with Crippen molar-refractivity contribution in [2.45, 2.75) is 38.6 Å². The van der Waals surface area contributed by atoms with Crippen LogP contribution in [-0.2, 0) is 0 Å². The summed E-state index contributed by atoms with van der Waals surface area (Å²) < 4.78 is 0. The van der Waals surface area contributed by atoms with Crippen molar-refractivity contribution in [3.05, 3.63) is 6.33 Å². The maximum atomic E-state index is 5.69. The fourth-order valence-electron chi connectivity index (χ4n) is 2.55. The molecule has 0 aromatic carbocycles. The van der Waals surface area contributed by atoms with Gasteiger partial charge >= 0.3 is 0 Å². The minimum atomic E-state index is 0.265. The number of imidazole rings is 1. The zero-order valence-electron chi connectivity index (χ0n) is 10.5. The van der Waals surface area contributed by atoms with Crippen molar-refractivity contribution in [2.24, 2.45) is 5.92 Å². The Morgan fingerprint density at radius 2 is 2.06 bits per heavy atom. The standard InChI is InChI=1S/C12H18N6/c1-7-2-4-8(5-3-7)16-11-9-10(15-6-14-9)17-12(13)18-11/h6-8H,2-5H2,1H3,(H4,13,14,15,16,17,18). The first-order valence-corrected chi connectivity index (χ1v) is 6.45. The number of nitrogens with two attached hydrogens (primary N) is 1. The van der Waals surface area contributed by atoms with Gasteiger partial charge in [-0.2, -0.15) is 9.97 Å². The molecule has 0 aliphatic heterocycles. The largest absolute Gasteiger partial charge is 0.368 e. The van der Waals surface area contributed by atoms with Gasteiger partial charge in [-0.1, -0.05) is 6.92 Å². The van der Waals surface area contributed by atoms with Crippen LogP contribution < -0.4 is 11.1 Å². The number of aromatic amines is 1. The first-order valence-electron chi connectivity index (χ1n) is 6.45. The molecule has 0 unspecified atom stereocenters. The molecule has 0 radical (unpaired) electrons. The molecule has 0 bridgehead atoms. The third-order valence-electron chi connectivity index (χ3n) is 3.66. The fourth-order valence-corrected chi connectivity index (χ4v) is 2.55. The van der Waals surface area contributed by atoms with Gasteiger partial charge in [0.25, 0.3) is 0 Å². The van der Waals surface area contributed by atoms with E-state index in [9.17, 15) is 0 Å². The van der Waals surface area contributed by atoms with Crippen LogP contribution in [0.15, 0.2) is 6.33 Å². The number of H-pyrrole nitrogens is 1. The van der Waals surface area contributed by atoms with E-state index in [1.54, 1.807) is 6.33 Å². The lowest BCUT2D eigenvalue weighted by molar-refractivity contribution is 0.361. The highest BCUT2D eigenvalue weighted by Gasteiger charge is 2.19. The van der Waals surface area contributed by atoms with Crippen molar-refractivity contribution < 1.29 is 0 Å². The molecule has 2 aromatic rings. The first-order chi connectivity index (χ1) is 8.72. The molecular formula is C12H18N6. The van der Waals surface area contributed by atoms with Crippen LogP contribution in [-0.4, -0.2) is 26.0 Å². The molecule has 1 aliphatic rings. The molecule has 6 heteroatoms. The Morgan fingerprint density at radius 3 is 2.83 bits per heavy atom. The van der Waals surface area contributed by atoms with Crippen LogP contribution in [0.2, 0.25) is 0 Å². The average molecular weight is 246 g/mol. The predicted molar refractivity (Wildman–Crippen MR) is 71.1 cm³/mol. The smallest absolute Gasteiger partial charge is 0.224 e. The Labute approximate surface area is 105 Å². The molecule has 1 aliphatic carbocycles. The molecule has 0 spiro atoms. The SMILES string of the molecule is CC1CCC(Nc2nc(N)nc3nc[nH]c23)CC1. The number of hydrogen-bond donors (Lipinski definition) is 3. The number of nitrogens with one attached hydrogen (secondary N) is 2. The van der Waals surface area contributed by atoms with Crippen molar-refractivity contribution >= 4 is 22.9 Å². The summed E-state index contributed by atoms with van der Waals surface area (Å²) >= 11 is 0. The van der Waals surface area contributed by atoms with E-state index in [2.05, 4.69) is 32.2 Å². The molecule has 18 heavy (non-hydrogen) atoms. The number of nitrogen functional groups attached to an aromatic ring is 1. The summed E-state index contributed by atoms with van der Waals surface area (Å²) in [5.41, 5.74) is 7.15. The van der Waals surface area contributed by atoms with E-state index in [0.29, 0.717) is 11.7 Å². The van der Waals surface area contributed by atoms with Crippen LogP contribution >= 0.6 is 0 Å². The summed E-state index contributed by atoms with van der Waals surface area (Å²) in [6, 6.07) is 0.474. The second-order valence-electron chi connectivity index (χ2n) is 5.13. The zero-order valence-corrected chi connectivity index (χ0v) is 10.5. The molecule has 3 rings (SSSR count). The lowest BCUT2D eigenvalue weighted by atomic mass is 9.87. The summed E-state index contributed by atoms with van der Waals surface area (Å²) in [7, 11) is 0. The average Bonchev–Trinajstić information content (AvgIpc) is 2.80. The Hall–Kier alpha value is -1.85. The molecule has 4 N–H and O–H groups in total. The molecule has 1 saturated carbocycles. The lowest BCUT2D eigenvalue weighted by Crippen LogP contribution is -2.26. The molecule has 96 valence electrons. The summed E-state index contributed by atoms with van der Waals surface area (Å²) in [6.45, 7) is 2.31. The normalized spacial score (nSPS) is 24.3. The van der Waals surface area contributed by atoms with Gasteiger partial charge in [0, 0.05) is 6.04 Å². The Balaban J connectivity index is 1.83. The third kappa shape index (κ3) is 2.10. The van der Waals surface area contributed by atoms with Gasteiger partial charge in [0.05, 0.1) is 6.33 Å². The molecule has 0 atom stereocenters.